The van der Waals surface area contributed by atoms with Crippen LogP contribution in [0.4, 0.5) is 4.39 Å². The molecule has 1 rings (SSSR count). The third-order valence-electron chi connectivity index (χ3n) is 1.95. The van der Waals surface area contributed by atoms with Gasteiger partial charge in [0.2, 0.25) is 0 Å². The lowest BCUT2D eigenvalue weighted by Gasteiger charge is -2.20. The van der Waals surface area contributed by atoms with Crippen molar-refractivity contribution >= 4 is 7.85 Å². The molecular formula is C11H14BFO. The van der Waals surface area contributed by atoms with Gasteiger partial charge in [-0.3, -0.25) is 0 Å². The molecule has 0 heterocycles. The Morgan fingerprint density at radius 3 is 2.50 bits per heavy atom. The first-order valence-electron chi connectivity index (χ1n) is 4.56. The third-order valence-corrected chi connectivity index (χ3v) is 1.95. The number of alkyl halides is 1. The molecule has 0 aromatic heterocycles. The lowest BCUT2D eigenvalue weighted by Crippen LogP contribution is -2.13. The fourth-order valence-electron chi connectivity index (χ4n) is 1.17. The minimum atomic E-state index is -1.76. The molecule has 1 atom stereocenters. The molecule has 0 aliphatic heterocycles. The zero-order chi connectivity index (χ0) is 10.8. The Morgan fingerprint density at radius 1 is 1.36 bits per heavy atom. The second-order valence-corrected chi connectivity index (χ2v) is 4.25. The van der Waals surface area contributed by atoms with Crippen LogP contribution in [0.1, 0.15) is 26.3 Å². The number of ether oxygens (including phenoxy) is 1. The highest BCUT2D eigenvalue weighted by Crippen LogP contribution is 2.25. The smallest absolute Gasteiger partial charge is 0.188 e. The highest BCUT2D eigenvalue weighted by Gasteiger charge is 2.14. The van der Waals surface area contributed by atoms with E-state index in [1.807, 2.05) is 12.1 Å². The van der Waals surface area contributed by atoms with Gasteiger partial charge < -0.3 is 4.74 Å². The summed E-state index contributed by atoms with van der Waals surface area (Å²) in [4.78, 5) is 0. The molecule has 0 N–H and O–H groups in total. The molecule has 1 unspecified atom stereocenters. The molecule has 0 fully saturated rings. The van der Waals surface area contributed by atoms with E-state index >= 15 is 0 Å². The van der Waals surface area contributed by atoms with Gasteiger partial charge in [-0.2, -0.15) is 0 Å². The number of hydrogen-bond donors (Lipinski definition) is 0. The average Bonchev–Trinajstić information content (AvgIpc) is 2.01. The molecule has 74 valence electrons. The molecule has 1 aromatic carbocycles. The maximum Gasteiger partial charge on any atom is 0.188 e. The van der Waals surface area contributed by atoms with Crippen molar-refractivity contribution < 1.29 is 9.13 Å². The normalized spacial score (nSPS) is 13.7. The first-order chi connectivity index (χ1) is 6.39. The predicted molar refractivity (Wildman–Crippen MR) is 56.4 cm³/mol. The highest BCUT2D eigenvalue weighted by molar-refractivity contribution is 6.10. The van der Waals surface area contributed by atoms with Crippen LogP contribution >= 0.6 is 0 Å². The quantitative estimate of drug-likeness (QED) is 0.654. The monoisotopic (exact) mass is 192 g/mol. The van der Waals surface area contributed by atoms with Crippen molar-refractivity contribution in [3.05, 3.63) is 29.8 Å². The van der Waals surface area contributed by atoms with Crippen molar-refractivity contribution in [3.8, 4) is 5.75 Å². The van der Waals surface area contributed by atoms with E-state index in [1.54, 1.807) is 12.1 Å². The van der Waals surface area contributed by atoms with E-state index in [9.17, 15) is 4.39 Å². The Bertz CT molecular complexity index is 304. The second-order valence-electron chi connectivity index (χ2n) is 4.25. The lowest BCUT2D eigenvalue weighted by molar-refractivity contribution is 0.146. The van der Waals surface area contributed by atoms with Crippen LogP contribution < -0.4 is 4.74 Å². The first kappa shape index (κ1) is 11.1. The van der Waals surface area contributed by atoms with E-state index in [-0.39, 0.29) is 5.41 Å². The van der Waals surface area contributed by atoms with Crippen molar-refractivity contribution in [3.63, 3.8) is 0 Å². The molecule has 0 aliphatic rings. The fraction of sp³-hybridized carbons (Fsp3) is 0.455. The number of rotatable bonds is 2. The lowest BCUT2D eigenvalue weighted by atomic mass is 9.87. The van der Waals surface area contributed by atoms with E-state index in [0.29, 0.717) is 5.75 Å². The summed E-state index contributed by atoms with van der Waals surface area (Å²) in [6.07, 6.45) is -1.76. The molecule has 0 bridgehead atoms. The average molecular weight is 192 g/mol. The Kier molecular flexibility index (Phi) is 3.19. The highest BCUT2D eigenvalue weighted by atomic mass is 19.1. The Morgan fingerprint density at radius 2 is 2.00 bits per heavy atom. The van der Waals surface area contributed by atoms with Gasteiger partial charge in [-0.15, -0.1) is 0 Å². The summed E-state index contributed by atoms with van der Waals surface area (Å²) in [5, 5.41) is 0. The summed E-state index contributed by atoms with van der Waals surface area (Å²) >= 11 is 0. The zero-order valence-corrected chi connectivity index (χ0v) is 8.75. The summed E-state index contributed by atoms with van der Waals surface area (Å²) < 4.78 is 17.1. The van der Waals surface area contributed by atoms with Gasteiger partial charge in [0.25, 0.3) is 0 Å². The molecule has 0 saturated heterocycles. The van der Waals surface area contributed by atoms with Crippen molar-refractivity contribution in [2.24, 2.45) is 0 Å². The van der Waals surface area contributed by atoms with Gasteiger partial charge in [0.1, 0.15) is 5.75 Å². The van der Waals surface area contributed by atoms with E-state index < -0.39 is 6.26 Å². The van der Waals surface area contributed by atoms with Crippen LogP contribution in [0.2, 0.25) is 0 Å². The van der Waals surface area contributed by atoms with E-state index in [2.05, 4.69) is 20.8 Å². The minimum Gasteiger partial charge on any atom is -0.470 e. The Hall–Kier alpha value is -0.985. The molecule has 1 aromatic rings. The predicted octanol–water partition coefficient (Wildman–Crippen LogP) is 2.78. The van der Waals surface area contributed by atoms with E-state index in [0.717, 1.165) is 5.56 Å². The maximum atomic E-state index is 12.4. The molecule has 2 radical (unpaired) electrons. The molecule has 14 heavy (non-hydrogen) atoms. The van der Waals surface area contributed by atoms with Crippen LogP contribution in [0, 0.1) is 0 Å². The summed E-state index contributed by atoms with van der Waals surface area (Å²) in [6.45, 7) is 6.25. The van der Waals surface area contributed by atoms with Gasteiger partial charge in [-0.25, -0.2) is 4.39 Å². The topological polar surface area (TPSA) is 9.23 Å². The zero-order valence-electron chi connectivity index (χ0n) is 8.75. The van der Waals surface area contributed by atoms with Crippen LogP contribution in [0.3, 0.4) is 0 Å². The van der Waals surface area contributed by atoms with Crippen molar-refractivity contribution in [1.82, 2.24) is 0 Å². The van der Waals surface area contributed by atoms with Gasteiger partial charge in [0.05, 0.1) is 0 Å². The summed E-state index contributed by atoms with van der Waals surface area (Å²) in [5.41, 5.74) is 1.12. The SMILES string of the molecule is [B]C(F)Oc1cccc(C(C)(C)C)c1. The van der Waals surface area contributed by atoms with Gasteiger partial charge in [-0.1, -0.05) is 32.9 Å². The van der Waals surface area contributed by atoms with Crippen molar-refractivity contribution in [2.75, 3.05) is 0 Å². The van der Waals surface area contributed by atoms with Crippen LogP contribution in [-0.2, 0) is 5.41 Å². The first-order valence-corrected chi connectivity index (χ1v) is 4.56. The van der Waals surface area contributed by atoms with Gasteiger partial charge >= 0.3 is 0 Å². The summed E-state index contributed by atoms with van der Waals surface area (Å²) in [7, 11) is 4.89. The summed E-state index contributed by atoms with van der Waals surface area (Å²) in [6, 6.07) is 7.31. The maximum absolute atomic E-state index is 12.4. The van der Waals surface area contributed by atoms with E-state index in [1.165, 1.54) is 0 Å². The van der Waals surface area contributed by atoms with Gasteiger partial charge in [-0.05, 0) is 23.1 Å². The molecule has 0 aliphatic carbocycles. The standard InChI is InChI=1S/C11H14BFO/c1-11(2,3)8-5-4-6-9(7-8)14-10(12)13/h4-7,10H,1-3H3. The number of benzene rings is 1. The molecular weight excluding hydrogens is 178 g/mol. The third kappa shape index (κ3) is 3.06. The fourth-order valence-corrected chi connectivity index (χ4v) is 1.17. The molecule has 0 amide bonds. The van der Waals surface area contributed by atoms with Gasteiger partial charge in [0.15, 0.2) is 14.1 Å². The second kappa shape index (κ2) is 4.03. The molecule has 0 spiro atoms. The Labute approximate surface area is 85.7 Å². The number of halogens is 1. The molecule has 1 nitrogen and oxygen atoms in total. The largest absolute Gasteiger partial charge is 0.470 e. The van der Waals surface area contributed by atoms with Crippen molar-refractivity contribution in [2.45, 2.75) is 32.4 Å². The molecule has 3 heteroatoms. The van der Waals surface area contributed by atoms with Gasteiger partial charge in [0, 0.05) is 0 Å². The Balaban J connectivity index is 2.90. The van der Waals surface area contributed by atoms with Crippen LogP contribution in [-0.4, -0.2) is 14.1 Å². The molecule has 0 saturated carbocycles. The summed E-state index contributed by atoms with van der Waals surface area (Å²) in [5.74, 6) is 0.465. The van der Waals surface area contributed by atoms with Crippen LogP contribution in [0.25, 0.3) is 0 Å². The van der Waals surface area contributed by atoms with Crippen molar-refractivity contribution in [1.29, 1.82) is 0 Å². The van der Waals surface area contributed by atoms with Crippen LogP contribution in [0.15, 0.2) is 24.3 Å². The minimum absolute atomic E-state index is 0.0276. The number of hydrogen-bond acceptors (Lipinski definition) is 1. The van der Waals surface area contributed by atoms with E-state index in [4.69, 9.17) is 12.6 Å². The van der Waals surface area contributed by atoms with Crippen LogP contribution in [0.5, 0.6) is 5.75 Å².